The van der Waals surface area contributed by atoms with Gasteiger partial charge in [-0.15, -0.1) is 0 Å². The van der Waals surface area contributed by atoms with Crippen LogP contribution in [0, 0.1) is 19.3 Å². The van der Waals surface area contributed by atoms with E-state index in [1.807, 2.05) is 0 Å². The second-order valence-electron chi connectivity index (χ2n) is 8.97. The lowest BCUT2D eigenvalue weighted by Crippen LogP contribution is -2.16. The van der Waals surface area contributed by atoms with Crippen molar-refractivity contribution in [2.45, 2.75) is 73.8 Å². The molecule has 2 rings (SSSR count). The van der Waals surface area contributed by atoms with Gasteiger partial charge < -0.3 is 4.57 Å². The molecule has 0 saturated heterocycles. The fourth-order valence-electron chi connectivity index (χ4n) is 3.01. The number of benzene rings is 1. The molecule has 0 spiro atoms. The number of aromatic nitrogens is 2. The maximum Gasteiger partial charge on any atom is 0.106 e. The Balaban J connectivity index is 2.37. The molecule has 0 bridgehead atoms. The van der Waals surface area contributed by atoms with Crippen molar-refractivity contribution < 1.29 is 0 Å². The molecule has 0 saturated carbocycles. The monoisotopic (exact) mass is 312 g/mol. The zero-order valence-electron chi connectivity index (χ0n) is 16.1. The van der Waals surface area contributed by atoms with E-state index in [9.17, 15) is 0 Å². The highest BCUT2D eigenvalue weighted by Gasteiger charge is 2.20. The van der Waals surface area contributed by atoms with Crippen LogP contribution in [-0.2, 0) is 18.4 Å². The second-order valence-corrected chi connectivity index (χ2v) is 8.97. The normalized spacial score (nSPS) is 12.7. The Morgan fingerprint density at radius 3 is 2.22 bits per heavy atom. The van der Waals surface area contributed by atoms with Gasteiger partial charge in [0.1, 0.15) is 5.82 Å². The van der Waals surface area contributed by atoms with Gasteiger partial charge in [0, 0.05) is 12.2 Å². The van der Waals surface area contributed by atoms with E-state index in [1.165, 1.54) is 22.5 Å². The van der Waals surface area contributed by atoms with Crippen molar-refractivity contribution in [1.29, 1.82) is 0 Å². The van der Waals surface area contributed by atoms with E-state index >= 15 is 0 Å². The first-order valence-corrected chi connectivity index (χ1v) is 8.59. The SMILES string of the molecule is Cc1nc(C)n(Cc2cccc(C(C)(C)C)c2)c1CC(C)(C)C. The first-order valence-electron chi connectivity index (χ1n) is 8.59. The summed E-state index contributed by atoms with van der Waals surface area (Å²) in [4.78, 5) is 4.73. The van der Waals surface area contributed by atoms with Crippen LogP contribution in [0.2, 0.25) is 0 Å². The lowest BCUT2D eigenvalue weighted by Gasteiger charge is -2.22. The fourth-order valence-corrected chi connectivity index (χ4v) is 3.01. The Morgan fingerprint density at radius 2 is 1.65 bits per heavy atom. The van der Waals surface area contributed by atoms with Gasteiger partial charge >= 0.3 is 0 Å². The van der Waals surface area contributed by atoms with Crippen LogP contribution in [0.25, 0.3) is 0 Å². The smallest absolute Gasteiger partial charge is 0.106 e. The van der Waals surface area contributed by atoms with Crippen LogP contribution in [0.1, 0.15) is 69.9 Å². The van der Waals surface area contributed by atoms with Crippen LogP contribution in [0.5, 0.6) is 0 Å². The summed E-state index contributed by atoms with van der Waals surface area (Å²) < 4.78 is 2.39. The van der Waals surface area contributed by atoms with E-state index in [4.69, 9.17) is 4.98 Å². The van der Waals surface area contributed by atoms with Crippen molar-refractivity contribution in [3.63, 3.8) is 0 Å². The first-order chi connectivity index (χ1) is 10.5. The molecule has 0 aliphatic heterocycles. The summed E-state index contributed by atoms with van der Waals surface area (Å²) in [7, 11) is 0. The molecule has 0 amide bonds. The maximum absolute atomic E-state index is 4.73. The minimum Gasteiger partial charge on any atom is -0.328 e. The first kappa shape index (κ1) is 17.8. The van der Waals surface area contributed by atoms with Gasteiger partial charge in [-0.1, -0.05) is 65.8 Å². The van der Waals surface area contributed by atoms with Crippen LogP contribution in [0.15, 0.2) is 24.3 Å². The minimum atomic E-state index is 0.185. The predicted molar refractivity (Wildman–Crippen MR) is 99.1 cm³/mol. The van der Waals surface area contributed by atoms with Crippen LogP contribution in [0.4, 0.5) is 0 Å². The zero-order chi connectivity index (χ0) is 17.4. The molecule has 126 valence electrons. The summed E-state index contributed by atoms with van der Waals surface area (Å²) in [6.45, 7) is 18.8. The third kappa shape index (κ3) is 4.46. The van der Waals surface area contributed by atoms with Gasteiger partial charge in [0.25, 0.3) is 0 Å². The quantitative estimate of drug-likeness (QED) is 0.738. The largest absolute Gasteiger partial charge is 0.328 e. The molecule has 0 fully saturated rings. The molecule has 0 aliphatic carbocycles. The molecule has 0 atom stereocenters. The Morgan fingerprint density at radius 1 is 1.00 bits per heavy atom. The standard InChI is InChI=1S/C21H32N2/c1-15-19(13-20(3,4)5)23(16(2)22-15)14-17-10-9-11-18(12-17)21(6,7)8/h9-12H,13-14H2,1-8H3. The Hall–Kier alpha value is -1.57. The van der Waals surface area contributed by atoms with Crippen molar-refractivity contribution in [2.24, 2.45) is 5.41 Å². The Kier molecular flexibility index (Phi) is 4.75. The maximum atomic E-state index is 4.73. The number of imidazole rings is 1. The Bertz CT molecular complexity index is 679. The van der Waals surface area contributed by atoms with E-state index in [-0.39, 0.29) is 10.8 Å². The van der Waals surface area contributed by atoms with E-state index in [1.54, 1.807) is 0 Å². The topological polar surface area (TPSA) is 17.8 Å². The van der Waals surface area contributed by atoms with Crippen LogP contribution in [0.3, 0.4) is 0 Å². The average Bonchev–Trinajstić information content (AvgIpc) is 2.63. The van der Waals surface area contributed by atoms with Gasteiger partial charge in [-0.05, 0) is 42.2 Å². The van der Waals surface area contributed by atoms with E-state index in [0.717, 1.165) is 18.8 Å². The lowest BCUT2D eigenvalue weighted by molar-refractivity contribution is 0.397. The summed E-state index contributed by atoms with van der Waals surface area (Å²) in [5.41, 5.74) is 5.74. The molecule has 2 aromatic rings. The summed E-state index contributed by atoms with van der Waals surface area (Å²) in [6.07, 6.45) is 1.05. The molecule has 0 radical (unpaired) electrons. The summed E-state index contributed by atoms with van der Waals surface area (Å²) >= 11 is 0. The molecule has 0 unspecified atom stereocenters. The molecular weight excluding hydrogens is 280 g/mol. The fraction of sp³-hybridized carbons (Fsp3) is 0.571. The molecule has 2 heteroatoms. The molecule has 1 aromatic carbocycles. The third-order valence-electron chi connectivity index (χ3n) is 4.30. The Labute approximate surface area is 142 Å². The summed E-state index contributed by atoms with van der Waals surface area (Å²) in [5, 5.41) is 0. The van der Waals surface area contributed by atoms with Gasteiger partial charge in [-0.2, -0.15) is 0 Å². The van der Waals surface area contributed by atoms with Gasteiger partial charge in [0.15, 0.2) is 0 Å². The number of rotatable bonds is 3. The highest BCUT2D eigenvalue weighted by molar-refractivity contribution is 5.30. The van der Waals surface area contributed by atoms with Crippen molar-refractivity contribution >= 4 is 0 Å². The van der Waals surface area contributed by atoms with Crippen molar-refractivity contribution in [2.75, 3.05) is 0 Å². The van der Waals surface area contributed by atoms with E-state index < -0.39 is 0 Å². The lowest BCUT2D eigenvalue weighted by atomic mass is 9.86. The summed E-state index contributed by atoms with van der Waals surface area (Å²) in [5.74, 6) is 1.11. The number of hydrogen-bond donors (Lipinski definition) is 0. The molecule has 23 heavy (non-hydrogen) atoms. The number of hydrogen-bond acceptors (Lipinski definition) is 1. The van der Waals surface area contributed by atoms with Crippen LogP contribution in [-0.4, -0.2) is 9.55 Å². The van der Waals surface area contributed by atoms with E-state index in [0.29, 0.717) is 0 Å². The molecular formula is C21H32N2. The van der Waals surface area contributed by atoms with Crippen molar-refractivity contribution in [1.82, 2.24) is 9.55 Å². The van der Waals surface area contributed by atoms with Gasteiger partial charge in [-0.3, -0.25) is 0 Å². The second kappa shape index (κ2) is 6.14. The molecule has 0 N–H and O–H groups in total. The molecule has 1 aromatic heterocycles. The zero-order valence-corrected chi connectivity index (χ0v) is 16.1. The minimum absolute atomic E-state index is 0.185. The summed E-state index contributed by atoms with van der Waals surface area (Å²) in [6, 6.07) is 8.98. The highest BCUT2D eigenvalue weighted by Crippen LogP contribution is 2.26. The van der Waals surface area contributed by atoms with Gasteiger partial charge in [-0.25, -0.2) is 4.98 Å². The molecule has 1 heterocycles. The van der Waals surface area contributed by atoms with Crippen LogP contribution < -0.4 is 0 Å². The number of nitrogens with zero attached hydrogens (tertiary/aromatic N) is 2. The highest BCUT2D eigenvalue weighted by atomic mass is 15.1. The van der Waals surface area contributed by atoms with E-state index in [2.05, 4.69) is 84.2 Å². The molecule has 2 nitrogen and oxygen atoms in total. The predicted octanol–water partition coefficient (Wildman–Crippen LogP) is 5.43. The van der Waals surface area contributed by atoms with Crippen LogP contribution >= 0.6 is 0 Å². The molecule has 0 aliphatic rings. The van der Waals surface area contributed by atoms with Crippen molar-refractivity contribution in [3.8, 4) is 0 Å². The third-order valence-corrected chi connectivity index (χ3v) is 4.30. The number of aryl methyl sites for hydroxylation is 2. The van der Waals surface area contributed by atoms with Gasteiger partial charge in [0.05, 0.1) is 5.69 Å². The van der Waals surface area contributed by atoms with Gasteiger partial charge in [0.2, 0.25) is 0 Å². The average molecular weight is 313 g/mol. The van der Waals surface area contributed by atoms with Crippen molar-refractivity contribution in [3.05, 3.63) is 52.6 Å².